The molecule has 0 aliphatic heterocycles. The predicted octanol–water partition coefficient (Wildman–Crippen LogP) is 2.49. The van der Waals surface area contributed by atoms with Crippen molar-refractivity contribution >= 4 is 28.6 Å². The topological polar surface area (TPSA) is 95.1 Å². The van der Waals surface area contributed by atoms with Crippen molar-refractivity contribution in [3.8, 4) is 0 Å². The molecule has 2 aliphatic carbocycles. The van der Waals surface area contributed by atoms with Crippen molar-refractivity contribution in [2.75, 3.05) is 5.32 Å². The van der Waals surface area contributed by atoms with Gasteiger partial charge in [0, 0.05) is 11.6 Å². The Morgan fingerprint density at radius 2 is 2.09 bits per heavy atom. The Labute approximate surface area is 126 Å². The lowest BCUT2D eigenvalue weighted by Gasteiger charge is -2.22. The number of hydrogen-bond acceptors (Lipinski definition) is 3. The molecule has 2 fully saturated rings. The molecule has 0 unspecified atom stereocenters. The quantitative estimate of drug-likeness (QED) is 0.808. The van der Waals surface area contributed by atoms with Gasteiger partial charge in [0.15, 0.2) is 0 Å². The molecule has 6 nitrogen and oxygen atoms in total. The van der Waals surface area contributed by atoms with Crippen LogP contribution in [-0.4, -0.2) is 27.0 Å². The third-order valence-corrected chi connectivity index (χ3v) is 4.70. The van der Waals surface area contributed by atoms with E-state index in [1.54, 1.807) is 0 Å². The molecule has 1 aromatic heterocycles. The second-order valence-electron chi connectivity index (χ2n) is 6.26. The standard InChI is InChI=1S/C16H17N3O3/c20-15(10-7-11(10)16(21)22)17-9-4-5-12-13(6-9)19-14(18-12)8-2-1-3-8/h4-6,8,10-11H,1-3,7H2,(H,17,20)(H,18,19)(H,21,22)/t10-,11+/m1/s1. The van der Waals surface area contributed by atoms with Gasteiger partial charge < -0.3 is 15.4 Å². The molecule has 3 N–H and O–H groups in total. The average molecular weight is 299 g/mol. The zero-order chi connectivity index (χ0) is 15.3. The first kappa shape index (κ1) is 13.3. The highest BCUT2D eigenvalue weighted by Crippen LogP contribution is 2.39. The SMILES string of the molecule is O=C(O)[C@H]1C[C@H]1C(=O)Nc1ccc2nc(C3CCC3)[nH]c2c1. The molecule has 4 rings (SSSR count). The average Bonchev–Trinajstić information content (AvgIpc) is 3.12. The summed E-state index contributed by atoms with van der Waals surface area (Å²) >= 11 is 0. The number of aromatic amines is 1. The number of aromatic nitrogens is 2. The van der Waals surface area contributed by atoms with Crippen molar-refractivity contribution in [1.29, 1.82) is 0 Å². The Hall–Kier alpha value is -2.37. The summed E-state index contributed by atoms with van der Waals surface area (Å²) < 4.78 is 0. The molecule has 1 amide bonds. The van der Waals surface area contributed by atoms with Gasteiger partial charge in [-0.05, 0) is 37.5 Å². The summed E-state index contributed by atoms with van der Waals surface area (Å²) in [6.07, 6.45) is 4.05. The van der Waals surface area contributed by atoms with E-state index >= 15 is 0 Å². The molecule has 1 aromatic carbocycles. The molecule has 0 radical (unpaired) electrons. The first-order valence-corrected chi connectivity index (χ1v) is 7.65. The van der Waals surface area contributed by atoms with Crippen LogP contribution in [0.2, 0.25) is 0 Å². The maximum absolute atomic E-state index is 12.0. The Morgan fingerprint density at radius 3 is 2.73 bits per heavy atom. The number of hydrogen-bond donors (Lipinski definition) is 3. The number of fused-ring (bicyclic) bond motifs is 1. The number of H-pyrrole nitrogens is 1. The number of nitrogens with one attached hydrogen (secondary N) is 2. The number of carboxylic acid groups (broad SMARTS) is 1. The van der Waals surface area contributed by atoms with Crippen LogP contribution >= 0.6 is 0 Å². The predicted molar refractivity (Wildman–Crippen MR) is 80.5 cm³/mol. The number of imidazole rings is 1. The maximum atomic E-state index is 12.0. The number of anilines is 1. The van der Waals surface area contributed by atoms with Crippen LogP contribution < -0.4 is 5.32 Å². The van der Waals surface area contributed by atoms with Crippen LogP contribution in [-0.2, 0) is 9.59 Å². The van der Waals surface area contributed by atoms with Gasteiger partial charge in [0.2, 0.25) is 5.91 Å². The Balaban J connectivity index is 1.50. The highest BCUT2D eigenvalue weighted by molar-refractivity contribution is 5.99. The monoisotopic (exact) mass is 299 g/mol. The fourth-order valence-corrected chi connectivity index (χ4v) is 2.97. The largest absolute Gasteiger partial charge is 0.481 e. The second kappa shape index (κ2) is 4.83. The third-order valence-electron chi connectivity index (χ3n) is 4.70. The molecule has 2 aromatic rings. The highest BCUT2D eigenvalue weighted by atomic mass is 16.4. The number of carbonyl (C=O) groups excluding carboxylic acids is 1. The van der Waals surface area contributed by atoms with Crippen LogP contribution in [0, 0.1) is 11.8 Å². The molecular weight excluding hydrogens is 282 g/mol. The summed E-state index contributed by atoms with van der Waals surface area (Å²) in [6, 6.07) is 5.55. The first-order valence-electron chi connectivity index (χ1n) is 7.65. The summed E-state index contributed by atoms with van der Waals surface area (Å²) in [6.45, 7) is 0. The molecule has 114 valence electrons. The van der Waals surface area contributed by atoms with Gasteiger partial charge in [0.05, 0.1) is 22.9 Å². The lowest BCUT2D eigenvalue weighted by Crippen LogP contribution is -2.16. The number of carbonyl (C=O) groups is 2. The molecule has 1 heterocycles. The van der Waals surface area contributed by atoms with Crippen LogP contribution in [0.5, 0.6) is 0 Å². The van der Waals surface area contributed by atoms with Crippen LogP contribution in [0.4, 0.5) is 5.69 Å². The number of aliphatic carboxylic acids is 1. The van der Waals surface area contributed by atoms with Crippen molar-refractivity contribution in [3.63, 3.8) is 0 Å². The molecule has 2 atom stereocenters. The summed E-state index contributed by atoms with van der Waals surface area (Å²) in [7, 11) is 0. The maximum Gasteiger partial charge on any atom is 0.307 e. The van der Waals surface area contributed by atoms with E-state index in [-0.39, 0.29) is 5.91 Å². The molecule has 6 heteroatoms. The van der Waals surface area contributed by atoms with E-state index in [2.05, 4.69) is 15.3 Å². The number of rotatable bonds is 4. The smallest absolute Gasteiger partial charge is 0.307 e. The molecular formula is C16H17N3O3. The van der Waals surface area contributed by atoms with E-state index < -0.39 is 17.8 Å². The minimum Gasteiger partial charge on any atom is -0.481 e. The molecule has 2 aliphatic rings. The summed E-state index contributed by atoms with van der Waals surface area (Å²) in [5, 5.41) is 11.7. The second-order valence-corrected chi connectivity index (χ2v) is 6.26. The zero-order valence-electron chi connectivity index (χ0n) is 12.0. The van der Waals surface area contributed by atoms with Crippen molar-refractivity contribution in [2.45, 2.75) is 31.6 Å². The number of nitrogens with zero attached hydrogens (tertiary/aromatic N) is 1. The molecule has 0 saturated heterocycles. The van der Waals surface area contributed by atoms with Crippen LogP contribution in [0.15, 0.2) is 18.2 Å². The molecule has 2 saturated carbocycles. The lowest BCUT2D eigenvalue weighted by molar-refractivity contribution is -0.139. The van der Waals surface area contributed by atoms with Crippen LogP contribution in [0.25, 0.3) is 11.0 Å². The molecule has 0 spiro atoms. The van der Waals surface area contributed by atoms with Gasteiger partial charge in [-0.1, -0.05) is 6.42 Å². The Bertz CT molecular complexity index is 763. The Kier molecular flexibility index (Phi) is 2.92. The molecule has 0 bridgehead atoms. The number of carboxylic acids is 1. The minimum atomic E-state index is -0.894. The van der Waals surface area contributed by atoms with Crippen molar-refractivity contribution in [3.05, 3.63) is 24.0 Å². The molecule has 22 heavy (non-hydrogen) atoms. The van der Waals surface area contributed by atoms with E-state index in [1.165, 1.54) is 19.3 Å². The van der Waals surface area contributed by atoms with Gasteiger partial charge >= 0.3 is 5.97 Å². The third kappa shape index (κ3) is 2.24. The minimum absolute atomic E-state index is 0.217. The number of amides is 1. The van der Waals surface area contributed by atoms with E-state index in [0.717, 1.165) is 16.9 Å². The van der Waals surface area contributed by atoms with Crippen LogP contribution in [0.1, 0.15) is 37.4 Å². The zero-order valence-corrected chi connectivity index (χ0v) is 12.0. The van der Waals surface area contributed by atoms with E-state index in [4.69, 9.17) is 5.11 Å². The summed E-state index contributed by atoms with van der Waals surface area (Å²) in [4.78, 5) is 30.7. The number of benzene rings is 1. The van der Waals surface area contributed by atoms with Gasteiger partial charge in [0.1, 0.15) is 5.82 Å². The van der Waals surface area contributed by atoms with E-state index in [1.807, 2.05) is 18.2 Å². The van der Waals surface area contributed by atoms with Crippen molar-refractivity contribution in [1.82, 2.24) is 9.97 Å². The van der Waals surface area contributed by atoms with E-state index in [0.29, 0.717) is 18.0 Å². The Morgan fingerprint density at radius 1 is 1.27 bits per heavy atom. The summed E-state index contributed by atoms with van der Waals surface area (Å²) in [5.41, 5.74) is 2.48. The van der Waals surface area contributed by atoms with Gasteiger partial charge in [0.25, 0.3) is 0 Å². The van der Waals surface area contributed by atoms with Gasteiger partial charge in [-0.25, -0.2) is 4.98 Å². The fourth-order valence-electron chi connectivity index (χ4n) is 2.97. The van der Waals surface area contributed by atoms with Gasteiger partial charge in [-0.3, -0.25) is 9.59 Å². The lowest BCUT2D eigenvalue weighted by atomic mass is 9.85. The van der Waals surface area contributed by atoms with Crippen molar-refractivity contribution < 1.29 is 14.7 Å². The van der Waals surface area contributed by atoms with E-state index in [9.17, 15) is 9.59 Å². The van der Waals surface area contributed by atoms with Gasteiger partial charge in [-0.15, -0.1) is 0 Å². The normalized spacial score (nSPS) is 24.0. The summed E-state index contributed by atoms with van der Waals surface area (Å²) in [5.74, 6) is -0.479. The van der Waals surface area contributed by atoms with Crippen molar-refractivity contribution in [2.24, 2.45) is 11.8 Å². The van der Waals surface area contributed by atoms with Gasteiger partial charge in [-0.2, -0.15) is 0 Å². The highest BCUT2D eigenvalue weighted by Gasteiger charge is 2.48. The first-order chi connectivity index (χ1) is 10.6. The fraction of sp³-hybridized carbons (Fsp3) is 0.438. The van der Waals surface area contributed by atoms with Crippen LogP contribution in [0.3, 0.4) is 0 Å².